The van der Waals surface area contributed by atoms with Gasteiger partial charge < -0.3 is 9.72 Å². The first-order chi connectivity index (χ1) is 16.2. The Balaban J connectivity index is 1.29. The van der Waals surface area contributed by atoms with Crippen LogP contribution in [0.1, 0.15) is 5.56 Å². The molecule has 5 nitrogen and oxygen atoms in total. The summed E-state index contributed by atoms with van der Waals surface area (Å²) in [6, 6.07) is 19.0. The fraction of sp³-hybridized carbons (Fsp3) is 0.296. The third-order valence-corrected chi connectivity index (χ3v) is 6.67. The molecule has 0 amide bonds. The summed E-state index contributed by atoms with van der Waals surface area (Å²) in [7, 11) is 1.77. The van der Waals surface area contributed by atoms with E-state index in [9.17, 15) is 0 Å². The van der Waals surface area contributed by atoms with E-state index in [1.807, 2.05) is 30.6 Å². The fourth-order valence-corrected chi connectivity index (χ4v) is 4.70. The number of benzene rings is 2. The van der Waals surface area contributed by atoms with Gasteiger partial charge >= 0.3 is 0 Å². The van der Waals surface area contributed by atoms with Crippen LogP contribution < -0.4 is 0 Å². The second kappa shape index (κ2) is 10.1. The summed E-state index contributed by atoms with van der Waals surface area (Å²) in [5.41, 5.74) is 6.72. The molecule has 3 heterocycles. The third-order valence-electron chi connectivity index (χ3n) is 6.44. The van der Waals surface area contributed by atoms with Crippen LogP contribution in [0.4, 0.5) is 0 Å². The molecule has 170 valence electrons. The van der Waals surface area contributed by atoms with Gasteiger partial charge in [0.15, 0.2) is 0 Å². The van der Waals surface area contributed by atoms with Crippen LogP contribution in [0.25, 0.3) is 33.3 Å². The quantitative estimate of drug-likeness (QED) is 0.405. The maximum atomic E-state index is 6.22. The van der Waals surface area contributed by atoms with Gasteiger partial charge in [-0.3, -0.25) is 9.80 Å². The molecule has 0 bridgehead atoms. The van der Waals surface area contributed by atoms with Crippen LogP contribution in [-0.2, 0) is 11.3 Å². The van der Waals surface area contributed by atoms with E-state index in [2.05, 4.69) is 56.2 Å². The van der Waals surface area contributed by atoms with Crippen LogP contribution in [-0.4, -0.2) is 66.2 Å². The van der Waals surface area contributed by atoms with Crippen LogP contribution in [0.3, 0.4) is 0 Å². The molecule has 6 heteroatoms. The largest absolute Gasteiger partial charge is 0.383 e. The van der Waals surface area contributed by atoms with Gasteiger partial charge in [-0.25, -0.2) is 4.98 Å². The Kier molecular flexibility index (Phi) is 6.74. The average molecular weight is 461 g/mol. The van der Waals surface area contributed by atoms with E-state index in [1.54, 1.807) is 7.11 Å². The molecule has 0 aliphatic carbocycles. The zero-order chi connectivity index (χ0) is 22.6. The van der Waals surface area contributed by atoms with Crippen molar-refractivity contribution in [1.82, 2.24) is 19.8 Å². The fourth-order valence-electron chi connectivity index (χ4n) is 4.51. The highest BCUT2D eigenvalue weighted by Crippen LogP contribution is 2.32. The van der Waals surface area contributed by atoms with Crippen LogP contribution in [0.5, 0.6) is 0 Å². The Bertz CT molecular complexity index is 1210. The molecule has 0 unspecified atom stereocenters. The molecular formula is C27H29ClN4O. The van der Waals surface area contributed by atoms with Gasteiger partial charge in [-0.05, 0) is 34.9 Å². The number of nitrogens with one attached hydrogen (secondary N) is 1. The van der Waals surface area contributed by atoms with Crippen molar-refractivity contribution in [3.8, 4) is 22.3 Å². The Morgan fingerprint density at radius 3 is 2.48 bits per heavy atom. The molecule has 1 saturated heterocycles. The second-order valence-electron chi connectivity index (χ2n) is 8.64. The van der Waals surface area contributed by atoms with E-state index in [0.717, 1.165) is 78.6 Å². The summed E-state index contributed by atoms with van der Waals surface area (Å²) in [4.78, 5) is 13.0. The molecule has 1 aliphatic heterocycles. The van der Waals surface area contributed by atoms with Crippen LogP contribution in [0.2, 0.25) is 5.02 Å². The molecule has 0 atom stereocenters. The highest BCUT2D eigenvalue weighted by atomic mass is 35.5. The Hall–Kier alpha value is -2.70. The first-order valence-corrected chi connectivity index (χ1v) is 11.8. The van der Waals surface area contributed by atoms with Gasteiger partial charge in [-0.1, -0.05) is 48.0 Å². The summed E-state index contributed by atoms with van der Waals surface area (Å²) in [5.74, 6) is 0. The lowest BCUT2D eigenvalue weighted by molar-refractivity contribution is 0.0938. The minimum Gasteiger partial charge on any atom is -0.383 e. The molecule has 1 fully saturated rings. The number of rotatable bonds is 7. The number of pyridine rings is 1. The summed E-state index contributed by atoms with van der Waals surface area (Å²) in [6.07, 6.45) is 3.94. The number of methoxy groups -OCH3 is 1. The number of hydrogen-bond donors (Lipinski definition) is 1. The Labute approximate surface area is 200 Å². The van der Waals surface area contributed by atoms with Gasteiger partial charge in [0.05, 0.1) is 6.61 Å². The lowest BCUT2D eigenvalue weighted by atomic mass is 10.0. The SMILES string of the molecule is COCCN1CCN(Cc2ccc(-c3cnc4[nH]cc(-c5cccc(Cl)c5)c4c3)cc2)CC1. The molecule has 5 rings (SSSR count). The molecule has 2 aromatic heterocycles. The number of aromatic nitrogens is 2. The van der Waals surface area contributed by atoms with Crippen molar-refractivity contribution in [2.75, 3.05) is 46.4 Å². The number of nitrogens with zero attached hydrogens (tertiary/aromatic N) is 3. The maximum absolute atomic E-state index is 6.22. The van der Waals surface area contributed by atoms with Crippen LogP contribution >= 0.6 is 11.6 Å². The van der Waals surface area contributed by atoms with Gasteiger partial charge in [0.1, 0.15) is 5.65 Å². The van der Waals surface area contributed by atoms with E-state index in [4.69, 9.17) is 16.3 Å². The molecule has 0 spiro atoms. The molecule has 0 radical (unpaired) electrons. The van der Waals surface area contributed by atoms with Crippen LogP contribution in [0, 0.1) is 0 Å². The van der Waals surface area contributed by atoms with Gasteiger partial charge in [-0.2, -0.15) is 0 Å². The summed E-state index contributed by atoms with van der Waals surface area (Å²) in [6.45, 7) is 7.25. The van der Waals surface area contributed by atoms with Gasteiger partial charge in [-0.15, -0.1) is 0 Å². The number of hydrogen-bond acceptors (Lipinski definition) is 4. The van der Waals surface area contributed by atoms with E-state index in [-0.39, 0.29) is 0 Å². The standard InChI is InChI=1S/C27H29ClN4O/c1-33-14-13-31-9-11-32(12-10-31)19-20-5-7-21(8-6-20)23-16-25-26(18-30-27(25)29-17-23)22-3-2-4-24(28)15-22/h2-8,15-18H,9-14,19H2,1H3,(H,29,30). The topological polar surface area (TPSA) is 44.4 Å². The normalized spacial score (nSPS) is 15.3. The third kappa shape index (κ3) is 5.12. The first-order valence-electron chi connectivity index (χ1n) is 11.5. The van der Waals surface area contributed by atoms with Crippen molar-refractivity contribution in [3.63, 3.8) is 0 Å². The molecule has 1 N–H and O–H groups in total. The summed E-state index contributed by atoms with van der Waals surface area (Å²) < 4.78 is 5.20. The number of halogens is 1. The smallest absolute Gasteiger partial charge is 0.137 e. The zero-order valence-electron chi connectivity index (χ0n) is 18.9. The summed E-state index contributed by atoms with van der Waals surface area (Å²) in [5, 5.41) is 1.84. The number of aromatic amines is 1. The maximum Gasteiger partial charge on any atom is 0.137 e. The van der Waals surface area contributed by atoms with Crippen molar-refractivity contribution in [2.45, 2.75) is 6.54 Å². The molecular weight excluding hydrogens is 432 g/mol. The van der Waals surface area contributed by atoms with Crippen molar-refractivity contribution < 1.29 is 4.74 Å². The van der Waals surface area contributed by atoms with Crippen molar-refractivity contribution in [3.05, 3.63) is 77.6 Å². The highest BCUT2D eigenvalue weighted by Gasteiger charge is 2.16. The molecule has 4 aromatic rings. The highest BCUT2D eigenvalue weighted by molar-refractivity contribution is 6.30. The van der Waals surface area contributed by atoms with E-state index in [0.29, 0.717) is 0 Å². The lowest BCUT2D eigenvalue weighted by Gasteiger charge is -2.34. The average Bonchev–Trinajstić information content (AvgIpc) is 3.27. The van der Waals surface area contributed by atoms with Gasteiger partial charge in [0.2, 0.25) is 0 Å². The predicted octanol–water partition coefficient (Wildman–Crippen LogP) is 5.31. The van der Waals surface area contributed by atoms with E-state index in [1.165, 1.54) is 11.1 Å². The summed E-state index contributed by atoms with van der Waals surface area (Å²) >= 11 is 6.22. The predicted molar refractivity (Wildman–Crippen MR) is 136 cm³/mol. The number of ether oxygens (including phenoxy) is 1. The number of piperazine rings is 1. The Morgan fingerprint density at radius 1 is 0.939 bits per heavy atom. The molecule has 33 heavy (non-hydrogen) atoms. The van der Waals surface area contributed by atoms with E-state index < -0.39 is 0 Å². The molecule has 0 saturated carbocycles. The van der Waals surface area contributed by atoms with Crippen molar-refractivity contribution in [1.29, 1.82) is 0 Å². The first kappa shape index (κ1) is 22.1. The second-order valence-corrected chi connectivity index (χ2v) is 9.08. The number of fused-ring (bicyclic) bond motifs is 1. The van der Waals surface area contributed by atoms with E-state index >= 15 is 0 Å². The molecule has 2 aromatic carbocycles. The number of H-pyrrole nitrogens is 1. The van der Waals surface area contributed by atoms with Gasteiger partial charge in [0.25, 0.3) is 0 Å². The minimum absolute atomic E-state index is 0.734. The monoisotopic (exact) mass is 460 g/mol. The van der Waals surface area contributed by atoms with Crippen molar-refractivity contribution in [2.24, 2.45) is 0 Å². The van der Waals surface area contributed by atoms with Crippen LogP contribution in [0.15, 0.2) is 67.0 Å². The van der Waals surface area contributed by atoms with Gasteiger partial charge in [0, 0.05) is 80.3 Å². The minimum atomic E-state index is 0.734. The van der Waals surface area contributed by atoms with Crippen molar-refractivity contribution >= 4 is 22.6 Å². The zero-order valence-corrected chi connectivity index (χ0v) is 19.7. The Morgan fingerprint density at radius 2 is 1.73 bits per heavy atom. The lowest BCUT2D eigenvalue weighted by Crippen LogP contribution is -2.46. The molecule has 1 aliphatic rings.